The SMILES string of the molecule is Cc1cc(C)c(NC(=O)C2(C(=O)Nc3ccc(C(F)(F)F)cc3)CC2)c(C)c1. The molecule has 2 aromatic rings. The number of amides is 2. The van der Waals surface area contributed by atoms with Crippen molar-refractivity contribution in [3.05, 3.63) is 58.7 Å². The fourth-order valence-electron chi connectivity index (χ4n) is 3.29. The Morgan fingerprint density at radius 1 is 0.893 bits per heavy atom. The van der Waals surface area contributed by atoms with Crippen molar-refractivity contribution in [1.29, 1.82) is 0 Å². The van der Waals surface area contributed by atoms with Gasteiger partial charge in [-0.3, -0.25) is 9.59 Å². The first kappa shape index (κ1) is 19.9. The zero-order chi connectivity index (χ0) is 20.7. The van der Waals surface area contributed by atoms with Crippen LogP contribution in [0.15, 0.2) is 36.4 Å². The summed E-state index contributed by atoms with van der Waals surface area (Å²) in [4.78, 5) is 25.4. The normalized spacial score (nSPS) is 15.1. The lowest BCUT2D eigenvalue weighted by molar-refractivity contribution is -0.137. The standard InChI is InChI=1S/C21H21F3N2O2/c1-12-10-13(2)17(14(3)11-12)26-19(28)20(8-9-20)18(27)25-16-6-4-15(5-7-16)21(22,23)24/h4-7,10-11H,8-9H2,1-3H3,(H,25,27)(H,26,28). The second kappa shape index (κ2) is 6.96. The Balaban J connectivity index is 1.72. The zero-order valence-corrected chi connectivity index (χ0v) is 15.8. The molecule has 0 radical (unpaired) electrons. The van der Waals surface area contributed by atoms with E-state index >= 15 is 0 Å². The molecule has 2 aromatic carbocycles. The number of anilines is 2. The Labute approximate surface area is 161 Å². The van der Waals surface area contributed by atoms with Gasteiger partial charge in [0.05, 0.1) is 5.56 Å². The third-order valence-corrected chi connectivity index (χ3v) is 5.00. The molecule has 0 spiro atoms. The molecule has 0 atom stereocenters. The highest BCUT2D eigenvalue weighted by molar-refractivity contribution is 6.17. The van der Waals surface area contributed by atoms with Gasteiger partial charge in [0.15, 0.2) is 0 Å². The molecule has 0 aliphatic heterocycles. The lowest BCUT2D eigenvalue weighted by Gasteiger charge is -2.18. The Hall–Kier alpha value is -2.83. The number of carbonyl (C=O) groups excluding carboxylic acids is 2. The van der Waals surface area contributed by atoms with E-state index < -0.39 is 29.0 Å². The van der Waals surface area contributed by atoms with Gasteiger partial charge in [-0.2, -0.15) is 13.2 Å². The van der Waals surface area contributed by atoms with Crippen LogP contribution in [0.5, 0.6) is 0 Å². The van der Waals surface area contributed by atoms with Crippen molar-refractivity contribution in [2.75, 3.05) is 10.6 Å². The van der Waals surface area contributed by atoms with E-state index in [1.807, 2.05) is 32.9 Å². The third kappa shape index (κ3) is 3.88. The molecule has 0 saturated heterocycles. The maximum Gasteiger partial charge on any atom is 0.416 e. The number of hydrogen-bond donors (Lipinski definition) is 2. The average Bonchev–Trinajstić information content (AvgIpc) is 3.39. The molecule has 4 nitrogen and oxygen atoms in total. The first-order chi connectivity index (χ1) is 13.0. The minimum absolute atomic E-state index is 0.222. The van der Waals surface area contributed by atoms with Gasteiger partial charge in [0.2, 0.25) is 11.8 Å². The zero-order valence-electron chi connectivity index (χ0n) is 15.8. The predicted octanol–water partition coefficient (Wildman–Crippen LogP) is 4.99. The Kier molecular flexibility index (Phi) is 4.95. The van der Waals surface area contributed by atoms with Gasteiger partial charge >= 0.3 is 6.18 Å². The van der Waals surface area contributed by atoms with Crippen molar-refractivity contribution >= 4 is 23.2 Å². The van der Waals surface area contributed by atoms with Gasteiger partial charge in [-0.25, -0.2) is 0 Å². The maximum absolute atomic E-state index is 12.8. The van der Waals surface area contributed by atoms with Gasteiger partial charge < -0.3 is 10.6 Å². The maximum atomic E-state index is 12.8. The first-order valence-corrected chi connectivity index (χ1v) is 8.91. The number of aryl methyl sites for hydroxylation is 3. The molecule has 1 aliphatic carbocycles. The van der Waals surface area contributed by atoms with Gasteiger partial charge in [-0.1, -0.05) is 17.7 Å². The molecule has 1 fully saturated rings. The molecule has 1 aliphatic rings. The molecule has 0 unspecified atom stereocenters. The van der Waals surface area contributed by atoms with Crippen LogP contribution in [-0.2, 0) is 15.8 Å². The Morgan fingerprint density at radius 3 is 1.86 bits per heavy atom. The van der Waals surface area contributed by atoms with Crippen LogP contribution in [0.4, 0.5) is 24.5 Å². The summed E-state index contributed by atoms with van der Waals surface area (Å²) in [5, 5.41) is 5.42. The quantitative estimate of drug-likeness (QED) is 0.723. The fourth-order valence-corrected chi connectivity index (χ4v) is 3.29. The largest absolute Gasteiger partial charge is 0.416 e. The van der Waals surface area contributed by atoms with Gasteiger partial charge in [0, 0.05) is 11.4 Å². The van der Waals surface area contributed by atoms with Crippen LogP contribution >= 0.6 is 0 Å². The van der Waals surface area contributed by atoms with Gasteiger partial charge in [0.1, 0.15) is 5.41 Å². The van der Waals surface area contributed by atoms with E-state index in [4.69, 9.17) is 0 Å². The summed E-state index contributed by atoms with van der Waals surface area (Å²) in [6.45, 7) is 5.74. The smallest absolute Gasteiger partial charge is 0.325 e. The van der Waals surface area contributed by atoms with E-state index in [-0.39, 0.29) is 5.69 Å². The van der Waals surface area contributed by atoms with Crippen molar-refractivity contribution in [2.45, 2.75) is 39.8 Å². The van der Waals surface area contributed by atoms with Gasteiger partial charge in [-0.05, 0) is 69.0 Å². The minimum atomic E-state index is -4.44. The van der Waals surface area contributed by atoms with Crippen molar-refractivity contribution in [1.82, 2.24) is 0 Å². The van der Waals surface area contributed by atoms with E-state index in [0.29, 0.717) is 18.5 Å². The molecular formula is C21H21F3N2O2. The second-order valence-corrected chi connectivity index (χ2v) is 7.34. The van der Waals surface area contributed by atoms with Crippen LogP contribution in [-0.4, -0.2) is 11.8 Å². The Morgan fingerprint density at radius 2 is 1.39 bits per heavy atom. The summed E-state index contributed by atoms with van der Waals surface area (Å²) in [5.41, 5.74) is 1.81. The molecule has 0 bridgehead atoms. The van der Waals surface area contributed by atoms with Crippen LogP contribution in [0.3, 0.4) is 0 Å². The van der Waals surface area contributed by atoms with Crippen molar-refractivity contribution < 1.29 is 22.8 Å². The van der Waals surface area contributed by atoms with Crippen LogP contribution in [0.1, 0.15) is 35.1 Å². The highest BCUT2D eigenvalue weighted by Crippen LogP contribution is 2.48. The van der Waals surface area contributed by atoms with Crippen LogP contribution in [0.25, 0.3) is 0 Å². The van der Waals surface area contributed by atoms with Crippen molar-refractivity contribution in [3.8, 4) is 0 Å². The monoisotopic (exact) mass is 390 g/mol. The Bertz CT molecular complexity index is 907. The molecule has 0 aromatic heterocycles. The highest BCUT2D eigenvalue weighted by atomic mass is 19.4. The van der Waals surface area contributed by atoms with E-state index in [2.05, 4.69) is 10.6 Å². The molecule has 7 heteroatoms. The number of carbonyl (C=O) groups is 2. The molecule has 148 valence electrons. The number of alkyl halides is 3. The molecule has 2 amide bonds. The summed E-state index contributed by atoms with van der Waals surface area (Å²) >= 11 is 0. The number of rotatable bonds is 4. The molecule has 28 heavy (non-hydrogen) atoms. The first-order valence-electron chi connectivity index (χ1n) is 8.91. The van der Waals surface area contributed by atoms with Gasteiger partial charge in [0.25, 0.3) is 0 Å². The number of nitrogens with one attached hydrogen (secondary N) is 2. The average molecular weight is 390 g/mol. The van der Waals surface area contributed by atoms with E-state index in [0.717, 1.165) is 28.8 Å². The molecule has 2 N–H and O–H groups in total. The third-order valence-electron chi connectivity index (χ3n) is 5.00. The lowest BCUT2D eigenvalue weighted by Crippen LogP contribution is -2.36. The minimum Gasteiger partial charge on any atom is -0.325 e. The van der Waals surface area contributed by atoms with Gasteiger partial charge in [-0.15, -0.1) is 0 Å². The number of hydrogen-bond acceptors (Lipinski definition) is 2. The van der Waals surface area contributed by atoms with Crippen LogP contribution in [0, 0.1) is 26.2 Å². The topological polar surface area (TPSA) is 58.2 Å². The molecular weight excluding hydrogens is 369 g/mol. The van der Waals surface area contributed by atoms with E-state index in [1.54, 1.807) is 0 Å². The highest BCUT2D eigenvalue weighted by Gasteiger charge is 2.56. The molecule has 0 heterocycles. The van der Waals surface area contributed by atoms with Crippen LogP contribution < -0.4 is 10.6 Å². The second-order valence-electron chi connectivity index (χ2n) is 7.34. The molecule has 3 rings (SSSR count). The summed E-state index contributed by atoms with van der Waals surface area (Å²) in [5.74, 6) is -0.904. The van der Waals surface area contributed by atoms with E-state index in [1.165, 1.54) is 12.1 Å². The fraction of sp³-hybridized carbons (Fsp3) is 0.333. The van der Waals surface area contributed by atoms with Crippen LogP contribution in [0.2, 0.25) is 0 Å². The lowest BCUT2D eigenvalue weighted by atomic mass is 10.0. The summed E-state index contributed by atoms with van der Waals surface area (Å²) in [7, 11) is 0. The van der Waals surface area contributed by atoms with E-state index in [9.17, 15) is 22.8 Å². The summed E-state index contributed by atoms with van der Waals surface area (Å²) in [6, 6.07) is 8.06. The van der Waals surface area contributed by atoms with Crippen molar-refractivity contribution in [3.63, 3.8) is 0 Å². The summed E-state index contributed by atoms with van der Waals surface area (Å²) < 4.78 is 37.9. The molecule has 1 saturated carbocycles. The number of benzene rings is 2. The predicted molar refractivity (Wildman–Crippen MR) is 101 cm³/mol. The number of halogens is 3. The van der Waals surface area contributed by atoms with Crippen molar-refractivity contribution in [2.24, 2.45) is 5.41 Å². The summed E-state index contributed by atoms with van der Waals surface area (Å²) in [6.07, 6.45) is -3.64.